The maximum Gasteiger partial charge on any atom is 0.333 e. The van der Waals surface area contributed by atoms with Crippen molar-refractivity contribution in [2.24, 2.45) is 0 Å². The summed E-state index contributed by atoms with van der Waals surface area (Å²) in [7, 11) is 0. The zero-order chi connectivity index (χ0) is 36.7. The van der Waals surface area contributed by atoms with Gasteiger partial charge in [0.2, 0.25) is 0 Å². The summed E-state index contributed by atoms with van der Waals surface area (Å²) in [5.41, 5.74) is 5.39. The Morgan fingerprint density at radius 2 is 0.918 bits per heavy atom. The normalized spacial score (nSPS) is 13.3. The van der Waals surface area contributed by atoms with Crippen LogP contribution in [0.1, 0.15) is 88.8 Å². The minimum Gasteiger partial charge on any atom is -0.489 e. The smallest absolute Gasteiger partial charge is 0.333 e. The zero-order valence-corrected chi connectivity index (χ0v) is 30.2. The lowest BCUT2D eigenvalue weighted by atomic mass is 9.75. The molecule has 0 radical (unpaired) electrons. The molecule has 2 rings (SSSR count). The highest BCUT2D eigenvalue weighted by Gasteiger charge is 2.28. The summed E-state index contributed by atoms with van der Waals surface area (Å²) in [6.45, 7) is 21.7. The molecule has 2 N–H and O–H groups in total. The second kappa shape index (κ2) is 19.4. The molecule has 0 aliphatic carbocycles. The number of benzene rings is 2. The second-order valence-corrected chi connectivity index (χ2v) is 12.3. The van der Waals surface area contributed by atoms with Crippen molar-refractivity contribution in [2.45, 2.75) is 73.0 Å². The molecular formula is C41H52O8. The Kier molecular flexibility index (Phi) is 16.0. The fourth-order valence-corrected chi connectivity index (χ4v) is 4.83. The first kappa shape index (κ1) is 40.5. The maximum atomic E-state index is 11.8. The largest absolute Gasteiger partial charge is 0.489 e. The number of hydrogen-bond donors (Lipinski definition) is 2. The van der Waals surface area contributed by atoms with E-state index >= 15 is 0 Å². The molecule has 2 aromatic carbocycles. The number of rotatable bonds is 18. The average Bonchev–Trinajstić information content (AvgIpc) is 3.05. The van der Waals surface area contributed by atoms with Gasteiger partial charge in [0, 0.05) is 38.8 Å². The third-order valence-electron chi connectivity index (χ3n) is 7.47. The van der Waals surface area contributed by atoms with Gasteiger partial charge in [-0.25, -0.2) is 9.59 Å². The molecule has 0 aromatic heterocycles. The van der Waals surface area contributed by atoms with Crippen LogP contribution >= 0.6 is 0 Å². The number of hydrogen-bond acceptors (Lipinski definition) is 8. The molecule has 2 atom stereocenters. The van der Waals surface area contributed by atoms with Crippen molar-refractivity contribution in [3.63, 3.8) is 0 Å². The van der Waals surface area contributed by atoms with Crippen LogP contribution in [-0.4, -0.2) is 60.8 Å². The van der Waals surface area contributed by atoms with Crippen LogP contribution < -0.4 is 9.47 Å². The van der Waals surface area contributed by atoms with E-state index in [1.54, 1.807) is 13.8 Å². The second-order valence-electron chi connectivity index (χ2n) is 12.3. The van der Waals surface area contributed by atoms with Gasteiger partial charge in [-0.1, -0.05) is 75.6 Å². The monoisotopic (exact) mass is 672 g/mol. The molecule has 0 saturated carbocycles. The average molecular weight is 673 g/mol. The van der Waals surface area contributed by atoms with Crippen molar-refractivity contribution < 1.29 is 38.7 Å². The van der Waals surface area contributed by atoms with Gasteiger partial charge in [-0.05, 0) is 76.9 Å². The molecule has 0 spiro atoms. The van der Waals surface area contributed by atoms with Gasteiger partial charge in [0.05, 0.1) is 0 Å². The number of carbonyl (C=O) groups is 2. The van der Waals surface area contributed by atoms with Crippen LogP contribution in [0.2, 0.25) is 0 Å². The Bertz CT molecular complexity index is 1420. The van der Waals surface area contributed by atoms with Crippen LogP contribution in [0.4, 0.5) is 0 Å². The Morgan fingerprint density at radius 1 is 0.633 bits per heavy atom. The predicted octanol–water partition coefficient (Wildman–Crippen LogP) is 7.86. The Labute approximate surface area is 291 Å². The van der Waals surface area contributed by atoms with Crippen LogP contribution in [0, 0.1) is 0 Å². The van der Waals surface area contributed by atoms with Gasteiger partial charge in [0.1, 0.15) is 50.1 Å². The molecule has 2 unspecified atom stereocenters. The standard InChI is InChI=1S/C41H52O8/c1-11-15-29-19-33(20-30(16-12-2)37(29)46-23-35(42)25-48-39(44)27(5)6)41(9,10)34-21-31(17-13-3)38(32(22-34)18-14-4)47-24-36(43)26-49-40(45)28(7)8/h11-22,35-36,42-43H,5,7,23-26H2,1-4,6,8-10H3. The molecule has 264 valence electrons. The number of carbonyl (C=O) groups excluding carboxylic acids is 2. The van der Waals surface area contributed by atoms with Crippen LogP contribution in [0.15, 0.2) is 72.9 Å². The van der Waals surface area contributed by atoms with Crippen molar-refractivity contribution >= 4 is 36.2 Å². The van der Waals surface area contributed by atoms with E-state index in [0.717, 1.165) is 33.4 Å². The van der Waals surface area contributed by atoms with Crippen molar-refractivity contribution in [1.29, 1.82) is 0 Å². The minimum atomic E-state index is -1.03. The van der Waals surface area contributed by atoms with Crippen molar-refractivity contribution in [3.8, 4) is 11.5 Å². The molecule has 2 aromatic rings. The predicted molar refractivity (Wildman–Crippen MR) is 198 cm³/mol. The highest BCUT2D eigenvalue weighted by Crippen LogP contribution is 2.40. The summed E-state index contributed by atoms with van der Waals surface area (Å²) in [6, 6.07) is 8.31. The number of esters is 2. The highest BCUT2D eigenvalue weighted by atomic mass is 16.6. The lowest BCUT2D eigenvalue weighted by Crippen LogP contribution is -2.26. The Balaban J connectivity index is 2.54. The van der Waals surface area contributed by atoms with E-state index in [9.17, 15) is 19.8 Å². The molecule has 0 saturated heterocycles. The fourth-order valence-electron chi connectivity index (χ4n) is 4.83. The van der Waals surface area contributed by atoms with Crippen LogP contribution in [0.25, 0.3) is 24.3 Å². The minimum absolute atomic E-state index is 0.0762. The van der Waals surface area contributed by atoms with E-state index < -0.39 is 29.6 Å². The first-order valence-corrected chi connectivity index (χ1v) is 16.3. The first-order valence-electron chi connectivity index (χ1n) is 16.3. The molecule has 0 heterocycles. The topological polar surface area (TPSA) is 112 Å². The molecule has 0 amide bonds. The van der Waals surface area contributed by atoms with Gasteiger partial charge in [0.15, 0.2) is 0 Å². The van der Waals surface area contributed by atoms with E-state index in [1.807, 2.05) is 76.3 Å². The Hall–Kier alpha value is -4.66. The van der Waals surface area contributed by atoms with Gasteiger partial charge in [-0.2, -0.15) is 0 Å². The molecule has 0 aliphatic rings. The van der Waals surface area contributed by atoms with Gasteiger partial charge in [-0.15, -0.1) is 0 Å². The lowest BCUT2D eigenvalue weighted by Gasteiger charge is -2.30. The van der Waals surface area contributed by atoms with Gasteiger partial charge >= 0.3 is 11.9 Å². The third kappa shape index (κ3) is 11.8. The fraction of sp³-hybridized carbons (Fsp3) is 0.366. The van der Waals surface area contributed by atoms with Crippen molar-refractivity contribution in [3.05, 3.63) is 106 Å². The number of aliphatic hydroxyl groups is 2. The lowest BCUT2D eigenvalue weighted by molar-refractivity contribution is -0.143. The van der Waals surface area contributed by atoms with Crippen molar-refractivity contribution in [1.82, 2.24) is 0 Å². The molecule has 0 bridgehead atoms. The van der Waals surface area contributed by atoms with Crippen molar-refractivity contribution in [2.75, 3.05) is 26.4 Å². The summed E-state index contributed by atoms with van der Waals surface area (Å²) in [5, 5.41) is 21.0. The first-order chi connectivity index (χ1) is 23.2. The third-order valence-corrected chi connectivity index (χ3v) is 7.47. The molecule has 8 heteroatoms. The summed E-state index contributed by atoms with van der Waals surface area (Å²) < 4.78 is 22.5. The van der Waals surface area contributed by atoms with E-state index in [4.69, 9.17) is 18.9 Å². The van der Waals surface area contributed by atoms with E-state index in [-0.39, 0.29) is 37.6 Å². The highest BCUT2D eigenvalue weighted by molar-refractivity contribution is 5.87. The van der Waals surface area contributed by atoms with Gasteiger partial charge in [0.25, 0.3) is 0 Å². The van der Waals surface area contributed by atoms with Crippen LogP contribution in [0.5, 0.6) is 11.5 Å². The number of allylic oxidation sites excluding steroid dienone is 4. The zero-order valence-electron chi connectivity index (χ0n) is 30.2. The molecule has 49 heavy (non-hydrogen) atoms. The van der Waals surface area contributed by atoms with Crippen LogP contribution in [0.3, 0.4) is 0 Å². The summed E-state index contributed by atoms with van der Waals surface area (Å²) in [5.74, 6) is 0.0653. The van der Waals surface area contributed by atoms with Crippen LogP contribution in [-0.2, 0) is 24.5 Å². The summed E-state index contributed by atoms with van der Waals surface area (Å²) in [6.07, 6.45) is 13.5. The quantitative estimate of drug-likeness (QED) is 0.122. The molecular weight excluding hydrogens is 620 g/mol. The molecule has 0 aliphatic heterocycles. The molecule has 0 fully saturated rings. The summed E-state index contributed by atoms with van der Waals surface area (Å²) in [4.78, 5) is 23.5. The van der Waals surface area contributed by atoms with Gasteiger partial charge < -0.3 is 29.2 Å². The Morgan fingerprint density at radius 3 is 1.16 bits per heavy atom. The summed E-state index contributed by atoms with van der Waals surface area (Å²) >= 11 is 0. The number of ether oxygens (including phenoxy) is 4. The SMILES string of the molecule is C=C(C)C(=O)OCC(O)COc1c(C=CC)cc(C(C)(C)c2cc(C=CC)c(OCC(O)COC(=O)C(=C)C)c(C=CC)c2)cc1C=CC. The van der Waals surface area contributed by atoms with E-state index in [1.165, 1.54) is 0 Å². The van der Waals surface area contributed by atoms with E-state index in [2.05, 4.69) is 51.3 Å². The molecule has 8 nitrogen and oxygen atoms in total. The van der Waals surface area contributed by atoms with E-state index in [0.29, 0.717) is 11.5 Å². The van der Waals surface area contributed by atoms with Gasteiger partial charge in [-0.3, -0.25) is 0 Å². The maximum absolute atomic E-state index is 11.8. The number of aliphatic hydroxyl groups excluding tert-OH is 2.